The molecule has 2 rings (SSSR count). The molecule has 1 aliphatic rings. The van der Waals surface area contributed by atoms with Gasteiger partial charge in [-0.1, -0.05) is 30.3 Å². The number of ether oxygens (including phenoxy) is 1. The van der Waals surface area contributed by atoms with Gasteiger partial charge in [-0.05, 0) is 56.9 Å². The largest absolute Gasteiger partial charge is 0.393 e. The summed E-state index contributed by atoms with van der Waals surface area (Å²) in [5.41, 5.74) is 1.37. The Hall–Kier alpha value is -0.860. The van der Waals surface area contributed by atoms with Gasteiger partial charge in [0.2, 0.25) is 0 Å². The zero-order valence-electron chi connectivity index (χ0n) is 11.9. The molecule has 0 aliphatic heterocycles. The maximum Gasteiger partial charge on any atom is 0.0580 e. The predicted molar refractivity (Wildman–Crippen MR) is 78.1 cm³/mol. The summed E-state index contributed by atoms with van der Waals surface area (Å²) in [7, 11) is 0. The average Bonchev–Trinajstić information content (AvgIpc) is 2.37. The summed E-state index contributed by atoms with van der Waals surface area (Å²) in [5, 5.41) is 10.0. The Bertz CT molecular complexity index is 344. The summed E-state index contributed by atoms with van der Waals surface area (Å²) in [6.07, 6.45) is 6.65. The van der Waals surface area contributed by atoms with Gasteiger partial charge in [-0.15, -0.1) is 0 Å². The highest BCUT2D eigenvalue weighted by molar-refractivity contribution is 5.14. The number of hydrogen-bond donors (Lipinski definition) is 1. The summed E-state index contributed by atoms with van der Waals surface area (Å²) in [6.45, 7) is 2.86. The van der Waals surface area contributed by atoms with Crippen LogP contribution in [0.1, 0.15) is 44.6 Å². The van der Waals surface area contributed by atoms with E-state index in [1.807, 2.05) is 13.0 Å². The van der Waals surface area contributed by atoms with Crippen molar-refractivity contribution < 1.29 is 9.84 Å². The molecule has 106 valence electrons. The Balaban J connectivity index is 1.54. The van der Waals surface area contributed by atoms with Gasteiger partial charge in [0.1, 0.15) is 0 Å². The Labute approximate surface area is 116 Å². The normalized spacial score (nSPS) is 23.9. The monoisotopic (exact) mass is 262 g/mol. The molecule has 0 heterocycles. The summed E-state index contributed by atoms with van der Waals surface area (Å²) in [5.74, 6) is 0.684. The maximum atomic E-state index is 10.0. The van der Waals surface area contributed by atoms with Crippen LogP contribution in [0.4, 0.5) is 0 Å². The molecule has 1 N–H and O–H groups in total. The van der Waals surface area contributed by atoms with E-state index in [2.05, 4.69) is 24.3 Å². The molecule has 0 amide bonds. The van der Waals surface area contributed by atoms with Crippen molar-refractivity contribution in [3.05, 3.63) is 35.9 Å². The van der Waals surface area contributed by atoms with E-state index >= 15 is 0 Å². The molecule has 1 fully saturated rings. The number of hydrogen-bond acceptors (Lipinski definition) is 2. The van der Waals surface area contributed by atoms with Crippen molar-refractivity contribution in [3.8, 4) is 0 Å². The lowest BCUT2D eigenvalue weighted by Crippen LogP contribution is -2.33. The Morgan fingerprint density at radius 3 is 2.68 bits per heavy atom. The van der Waals surface area contributed by atoms with Gasteiger partial charge >= 0.3 is 0 Å². The van der Waals surface area contributed by atoms with Crippen LogP contribution in [0.2, 0.25) is 0 Å². The van der Waals surface area contributed by atoms with Crippen LogP contribution in [0.3, 0.4) is 0 Å². The van der Waals surface area contributed by atoms with Crippen LogP contribution in [-0.4, -0.2) is 23.9 Å². The fraction of sp³-hybridized carbons (Fsp3) is 0.647. The number of aliphatic hydroxyl groups is 1. The molecule has 1 aromatic rings. The third-order valence-electron chi connectivity index (χ3n) is 4.05. The van der Waals surface area contributed by atoms with E-state index in [9.17, 15) is 5.11 Å². The summed E-state index contributed by atoms with van der Waals surface area (Å²) < 4.78 is 5.55. The molecule has 0 bridgehead atoms. The highest BCUT2D eigenvalue weighted by Crippen LogP contribution is 2.34. The molecule has 0 radical (unpaired) electrons. The molecule has 1 atom stereocenters. The standard InChI is InChI=1S/C17H26O2/c1-2-19-17-12-15(13-17)11-16(18)10-6-9-14-7-4-3-5-8-14/h3-5,7-8,15-18H,2,6,9-13H2,1H3. The van der Waals surface area contributed by atoms with Gasteiger partial charge in [-0.25, -0.2) is 0 Å². The molecule has 1 aromatic carbocycles. The van der Waals surface area contributed by atoms with E-state index in [0.717, 1.165) is 45.1 Å². The van der Waals surface area contributed by atoms with Gasteiger partial charge in [0.05, 0.1) is 12.2 Å². The highest BCUT2D eigenvalue weighted by Gasteiger charge is 2.30. The fourth-order valence-electron chi connectivity index (χ4n) is 2.93. The van der Waals surface area contributed by atoms with Crippen molar-refractivity contribution in [2.45, 2.75) is 57.7 Å². The quantitative estimate of drug-likeness (QED) is 0.776. The second kappa shape index (κ2) is 7.66. The zero-order chi connectivity index (χ0) is 13.5. The predicted octanol–water partition coefficient (Wildman–Crippen LogP) is 3.58. The van der Waals surface area contributed by atoms with Crippen molar-refractivity contribution >= 4 is 0 Å². The summed E-state index contributed by atoms with van der Waals surface area (Å²) in [6, 6.07) is 10.5. The van der Waals surface area contributed by atoms with E-state index < -0.39 is 0 Å². The van der Waals surface area contributed by atoms with Crippen LogP contribution in [0, 0.1) is 5.92 Å². The number of benzene rings is 1. The van der Waals surface area contributed by atoms with E-state index in [4.69, 9.17) is 4.74 Å². The van der Waals surface area contributed by atoms with Gasteiger partial charge in [-0.3, -0.25) is 0 Å². The van der Waals surface area contributed by atoms with Crippen molar-refractivity contribution in [1.29, 1.82) is 0 Å². The zero-order valence-corrected chi connectivity index (χ0v) is 11.9. The van der Waals surface area contributed by atoms with Crippen molar-refractivity contribution in [2.75, 3.05) is 6.61 Å². The van der Waals surface area contributed by atoms with Crippen LogP contribution in [0.15, 0.2) is 30.3 Å². The summed E-state index contributed by atoms with van der Waals surface area (Å²) in [4.78, 5) is 0. The molecule has 1 aliphatic carbocycles. The van der Waals surface area contributed by atoms with Crippen molar-refractivity contribution in [2.24, 2.45) is 5.92 Å². The first kappa shape index (κ1) is 14.5. The maximum absolute atomic E-state index is 10.0. The van der Waals surface area contributed by atoms with E-state index in [0.29, 0.717) is 12.0 Å². The van der Waals surface area contributed by atoms with Crippen LogP contribution in [0.25, 0.3) is 0 Å². The van der Waals surface area contributed by atoms with E-state index in [1.165, 1.54) is 5.56 Å². The van der Waals surface area contributed by atoms with Gasteiger partial charge in [-0.2, -0.15) is 0 Å². The van der Waals surface area contributed by atoms with Crippen LogP contribution in [-0.2, 0) is 11.2 Å². The van der Waals surface area contributed by atoms with Gasteiger partial charge in [0.15, 0.2) is 0 Å². The second-order valence-electron chi connectivity index (χ2n) is 5.68. The molecule has 0 spiro atoms. The Morgan fingerprint density at radius 2 is 2.00 bits per heavy atom. The third kappa shape index (κ3) is 4.96. The second-order valence-corrected chi connectivity index (χ2v) is 5.68. The lowest BCUT2D eigenvalue weighted by Gasteiger charge is -2.36. The topological polar surface area (TPSA) is 29.5 Å². The Morgan fingerprint density at radius 1 is 1.26 bits per heavy atom. The smallest absolute Gasteiger partial charge is 0.0580 e. The van der Waals surface area contributed by atoms with Crippen molar-refractivity contribution in [1.82, 2.24) is 0 Å². The number of aryl methyl sites for hydroxylation is 1. The molecular formula is C17H26O2. The van der Waals surface area contributed by atoms with Crippen molar-refractivity contribution in [3.63, 3.8) is 0 Å². The molecule has 19 heavy (non-hydrogen) atoms. The van der Waals surface area contributed by atoms with Crippen LogP contribution < -0.4 is 0 Å². The number of aliphatic hydroxyl groups excluding tert-OH is 1. The third-order valence-corrected chi connectivity index (χ3v) is 4.05. The molecule has 0 aromatic heterocycles. The first-order valence-electron chi connectivity index (χ1n) is 7.61. The van der Waals surface area contributed by atoms with E-state index in [-0.39, 0.29) is 6.10 Å². The fourth-order valence-corrected chi connectivity index (χ4v) is 2.93. The number of rotatable bonds is 8. The first-order valence-corrected chi connectivity index (χ1v) is 7.61. The minimum atomic E-state index is -0.128. The molecular weight excluding hydrogens is 236 g/mol. The molecule has 1 saturated carbocycles. The van der Waals surface area contributed by atoms with Gasteiger partial charge < -0.3 is 9.84 Å². The van der Waals surface area contributed by atoms with E-state index in [1.54, 1.807) is 0 Å². The lowest BCUT2D eigenvalue weighted by atomic mass is 9.78. The molecule has 0 saturated heterocycles. The minimum Gasteiger partial charge on any atom is -0.393 e. The summed E-state index contributed by atoms with van der Waals surface area (Å²) >= 11 is 0. The average molecular weight is 262 g/mol. The molecule has 1 unspecified atom stereocenters. The SMILES string of the molecule is CCOC1CC(CC(O)CCCc2ccccc2)C1. The lowest BCUT2D eigenvalue weighted by molar-refractivity contribution is -0.0384. The van der Waals surface area contributed by atoms with Gasteiger partial charge in [0, 0.05) is 6.61 Å². The first-order chi connectivity index (χ1) is 9.28. The van der Waals surface area contributed by atoms with Gasteiger partial charge in [0.25, 0.3) is 0 Å². The minimum absolute atomic E-state index is 0.128. The molecule has 2 heteroatoms. The molecule has 2 nitrogen and oxygen atoms in total. The Kier molecular flexibility index (Phi) is 5.87. The van der Waals surface area contributed by atoms with Crippen LogP contribution >= 0.6 is 0 Å². The highest BCUT2D eigenvalue weighted by atomic mass is 16.5. The van der Waals surface area contributed by atoms with Crippen LogP contribution in [0.5, 0.6) is 0 Å².